The van der Waals surface area contributed by atoms with Crippen LogP contribution in [0.2, 0.25) is 0 Å². The van der Waals surface area contributed by atoms with Crippen LogP contribution in [0.4, 0.5) is 4.39 Å². The zero-order chi connectivity index (χ0) is 19.8. The van der Waals surface area contributed by atoms with Gasteiger partial charge in [0.05, 0.1) is 6.61 Å². The second kappa shape index (κ2) is 9.71. The lowest BCUT2D eigenvalue weighted by Crippen LogP contribution is -2.49. The van der Waals surface area contributed by atoms with Gasteiger partial charge in [0, 0.05) is 17.7 Å². The number of amides is 2. The minimum absolute atomic E-state index is 0.0631. The van der Waals surface area contributed by atoms with Gasteiger partial charge in [0.15, 0.2) is 0 Å². The minimum Gasteiger partial charge on any atom is -0.494 e. The molecule has 0 bridgehead atoms. The van der Waals surface area contributed by atoms with Crippen molar-refractivity contribution in [2.75, 3.05) is 6.61 Å². The molecule has 2 rings (SSSR count). The first-order chi connectivity index (χ1) is 12.9. The van der Waals surface area contributed by atoms with Crippen LogP contribution in [0.15, 0.2) is 48.5 Å². The number of carbonyl (C=O) groups excluding carboxylic acids is 2. The van der Waals surface area contributed by atoms with E-state index in [2.05, 4.69) is 10.6 Å². The highest BCUT2D eigenvalue weighted by Crippen LogP contribution is 2.13. The van der Waals surface area contributed by atoms with Crippen molar-refractivity contribution in [1.82, 2.24) is 10.6 Å². The Bertz CT molecular complexity index is 775. The number of hydrogen-bond acceptors (Lipinski definition) is 3. The summed E-state index contributed by atoms with van der Waals surface area (Å²) >= 11 is 0. The molecule has 0 unspecified atom stereocenters. The quantitative estimate of drug-likeness (QED) is 0.747. The van der Waals surface area contributed by atoms with Crippen molar-refractivity contribution in [3.63, 3.8) is 0 Å². The molecule has 144 valence electrons. The largest absolute Gasteiger partial charge is 0.494 e. The maximum Gasteiger partial charge on any atom is 0.251 e. The van der Waals surface area contributed by atoms with Gasteiger partial charge >= 0.3 is 0 Å². The van der Waals surface area contributed by atoms with E-state index in [1.165, 1.54) is 6.07 Å². The van der Waals surface area contributed by atoms with Crippen LogP contribution < -0.4 is 15.4 Å². The smallest absolute Gasteiger partial charge is 0.251 e. The van der Waals surface area contributed by atoms with E-state index in [1.807, 2.05) is 20.8 Å². The standard InChI is InChI=1S/C21H25FN2O3/c1-4-27-17-11-9-15(10-12-17)20(25)24-19(14(2)3)21(26)23-13-16-7-5-6-8-18(16)22/h5-12,14,19H,4,13H2,1-3H3,(H,23,26)(H,24,25)/t19-/m0/s1. The van der Waals surface area contributed by atoms with Crippen molar-refractivity contribution in [3.05, 3.63) is 65.5 Å². The van der Waals surface area contributed by atoms with E-state index in [4.69, 9.17) is 4.74 Å². The third-order valence-corrected chi connectivity index (χ3v) is 4.07. The van der Waals surface area contributed by atoms with E-state index in [-0.39, 0.29) is 30.1 Å². The molecule has 2 N–H and O–H groups in total. The zero-order valence-electron chi connectivity index (χ0n) is 15.8. The van der Waals surface area contributed by atoms with Gasteiger partial charge in [-0.2, -0.15) is 0 Å². The van der Waals surface area contributed by atoms with Crippen LogP contribution in [-0.4, -0.2) is 24.5 Å². The lowest BCUT2D eigenvalue weighted by molar-refractivity contribution is -0.124. The Morgan fingerprint density at radius 3 is 2.33 bits per heavy atom. The average molecular weight is 372 g/mol. The molecule has 2 aromatic rings. The molecule has 2 amide bonds. The molecule has 0 saturated carbocycles. The highest BCUT2D eigenvalue weighted by atomic mass is 19.1. The maximum atomic E-state index is 13.7. The summed E-state index contributed by atoms with van der Waals surface area (Å²) in [5.41, 5.74) is 0.831. The molecule has 0 aliphatic rings. The van der Waals surface area contributed by atoms with E-state index in [1.54, 1.807) is 42.5 Å². The molecule has 0 aromatic heterocycles. The summed E-state index contributed by atoms with van der Waals surface area (Å²) in [5, 5.41) is 5.44. The Morgan fingerprint density at radius 1 is 1.07 bits per heavy atom. The average Bonchev–Trinajstić information content (AvgIpc) is 2.65. The van der Waals surface area contributed by atoms with Crippen molar-refractivity contribution >= 4 is 11.8 Å². The third-order valence-electron chi connectivity index (χ3n) is 4.07. The van der Waals surface area contributed by atoms with Gasteiger partial charge in [0.25, 0.3) is 5.91 Å². The monoisotopic (exact) mass is 372 g/mol. The first-order valence-electron chi connectivity index (χ1n) is 8.97. The molecule has 0 spiro atoms. The van der Waals surface area contributed by atoms with Gasteiger partial charge in [-0.25, -0.2) is 4.39 Å². The normalized spacial score (nSPS) is 11.7. The van der Waals surface area contributed by atoms with Gasteiger partial charge in [-0.3, -0.25) is 9.59 Å². The molecule has 0 aliphatic heterocycles. The second-order valence-corrected chi connectivity index (χ2v) is 6.46. The Labute approximate surface area is 158 Å². The van der Waals surface area contributed by atoms with E-state index < -0.39 is 6.04 Å². The molecule has 27 heavy (non-hydrogen) atoms. The SMILES string of the molecule is CCOc1ccc(C(=O)N[C@H](C(=O)NCc2ccccc2F)C(C)C)cc1. The summed E-state index contributed by atoms with van der Waals surface area (Å²) in [7, 11) is 0. The van der Waals surface area contributed by atoms with E-state index in [0.29, 0.717) is 23.5 Å². The van der Waals surface area contributed by atoms with Gasteiger partial charge in [0.1, 0.15) is 17.6 Å². The summed E-state index contributed by atoms with van der Waals surface area (Å²) in [6, 6.07) is 12.2. The second-order valence-electron chi connectivity index (χ2n) is 6.46. The van der Waals surface area contributed by atoms with Crippen LogP contribution in [0.3, 0.4) is 0 Å². The molecule has 1 atom stereocenters. The Balaban J connectivity index is 2.00. The van der Waals surface area contributed by atoms with Crippen LogP contribution in [-0.2, 0) is 11.3 Å². The van der Waals surface area contributed by atoms with E-state index in [9.17, 15) is 14.0 Å². The van der Waals surface area contributed by atoms with Crippen LogP contribution >= 0.6 is 0 Å². The number of nitrogens with one attached hydrogen (secondary N) is 2. The molecule has 2 aromatic carbocycles. The summed E-state index contributed by atoms with van der Waals surface area (Å²) in [4.78, 5) is 25.0. The molecule has 0 fully saturated rings. The molecule has 0 heterocycles. The number of carbonyl (C=O) groups is 2. The molecule has 0 aliphatic carbocycles. The van der Waals surface area contributed by atoms with Crippen molar-refractivity contribution in [1.29, 1.82) is 0 Å². The number of benzene rings is 2. The first-order valence-corrected chi connectivity index (χ1v) is 8.97. The van der Waals surface area contributed by atoms with Gasteiger partial charge in [-0.15, -0.1) is 0 Å². The van der Waals surface area contributed by atoms with Crippen LogP contribution in [0.5, 0.6) is 5.75 Å². The van der Waals surface area contributed by atoms with Crippen molar-refractivity contribution < 1.29 is 18.7 Å². The Hall–Kier alpha value is -2.89. The number of hydrogen-bond donors (Lipinski definition) is 2. The number of ether oxygens (including phenoxy) is 1. The lowest BCUT2D eigenvalue weighted by atomic mass is 10.0. The molecule has 0 saturated heterocycles. The zero-order valence-corrected chi connectivity index (χ0v) is 15.8. The lowest BCUT2D eigenvalue weighted by Gasteiger charge is -2.22. The number of rotatable bonds is 8. The van der Waals surface area contributed by atoms with Crippen molar-refractivity contribution in [3.8, 4) is 5.75 Å². The van der Waals surface area contributed by atoms with E-state index in [0.717, 1.165) is 0 Å². The number of halogens is 1. The maximum absolute atomic E-state index is 13.7. The van der Waals surface area contributed by atoms with E-state index >= 15 is 0 Å². The van der Waals surface area contributed by atoms with Gasteiger partial charge < -0.3 is 15.4 Å². The Kier molecular flexibility index (Phi) is 7.34. The van der Waals surface area contributed by atoms with Gasteiger partial charge in [0.2, 0.25) is 5.91 Å². The van der Waals surface area contributed by atoms with Crippen molar-refractivity contribution in [2.45, 2.75) is 33.4 Å². The first kappa shape index (κ1) is 20.4. The molecule has 0 radical (unpaired) electrons. The molecular weight excluding hydrogens is 347 g/mol. The fourth-order valence-corrected chi connectivity index (χ4v) is 2.56. The highest BCUT2D eigenvalue weighted by molar-refractivity contribution is 5.97. The highest BCUT2D eigenvalue weighted by Gasteiger charge is 2.24. The molecule has 6 heteroatoms. The van der Waals surface area contributed by atoms with Crippen LogP contribution in [0.1, 0.15) is 36.7 Å². The predicted molar refractivity (Wildman–Crippen MR) is 102 cm³/mol. The fraction of sp³-hybridized carbons (Fsp3) is 0.333. The van der Waals surface area contributed by atoms with Crippen LogP contribution in [0, 0.1) is 11.7 Å². The van der Waals surface area contributed by atoms with Gasteiger partial charge in [-0.1, -0.05) is 32.0 Å². The van der Waals surface area contributed by atoms with Crippen molar-refractivity contribution in [2.24, 2.45) is 5.92 Å². The fourth-order valence-electron chi connectivity index (χ4n) is 2.56. The Morgan fingerprint density at radius 2 is 1.74 bits per heavy atom. The summed E-state index contributed by atoms with van der Waals surface area (Å²) in [6.45, 7) is 6.17. The summed E-state index contributed by atoms with van der Waals surface area (Å²) < 4.78 is 19.0. The summed E-state index contributed by atoms with van der Waals surface area (Å²) in [5.74, 6) is -0.531. The molecular formula is C21H25FN2O3. The third kappa shape index (κ3) is 5.81. The van der Waals surface area contributed by atoms with Crippen LogP contribution in [0.25, 0.3) is 0 Å². The van der Waals surface area contributed by atoms with Gasteiger partial charge in [-0.05, 0) is 43.2 Å². The predicted octanol–water partition coefficient (Wildman–Crippen LogP) is 3.30. The minimum atomic E-state index is -0.726. The topological polar surface area (TPSA) is 67.4 Å². The molecule has 5 nitrogen and oxygen atoms in total. The summed E-state index contributed by atoms with van der Waals surface area (Å²) in [6.07, 6.45) is 0.